The highest BCUT2D eigenvalue weighted by Crippen LogP contribution is 2.54. The largest absolute Gasteiger partial charge is 0.494 e. The van der Waals surface area contributed by atoms with Gasteiger partial charge < -0.3 is 19.1 Å². The zero-order chi connectivity index (χ0) is 31.4. The van der Waals surface area contributed by atoms with E-state index in [1.807, 2.05) is 48.5 Å². The molecule has 4 aromatic rings. The Morgan fingerprint density at radius 2 is 1.47 bits per heavy atom. The van der Waals surface area contributed by atoms with Crippen LogP contribution in [-0.4, -0.2) is 25.3 Å². The van der Waals surface area contributed by atoms with Crippen molar-refractivity contribution in [2.45, 2.75) is 70.4 Å². The number of hydrogen-bond donors (Lipinski definition) is 0. The molecule has 2 aliphatic rings. The van der Waals surface area contributed by atoms with E-state index in [1.54, 1.807) is 6.07 Å². The highest BCUT2D eigenvalue weighted by Gasteiger charge is 2.57. The third-order valence-corrected chi connectivity index (χ3v) is 9.35. The van der Waals surface area contributed by atoms with Crippen molar-refractivity contribution in [3.8, 4) is 28.4 Å². The van der Waals surface area contributed by atoms with Crippen LogP contribution in [0.15, 0.2) is 97.1 Å². The summed E-state index contributed by atoms with van der Waals surface area (Å²) < 4.78 is 18.4. The van der Waals surface area contributed by atoms with Crippen LogP contribution in [-0.2, 0) is 5.41 Å². The van der Waals surface area contributed by atoms with E-state index in [-0.39, 0.29) is 5.41 Å². The van der Waals surface area contributed by atoms with Gasteiger partial charge in [0.05, 0.1) is 17.6 Å². The van der Waals surface area contributed by atoms with Crippen LogP contribution < -0.4 is 19.1 Å². The molecule has 0 N–H and O–H groups in total. The standard InChI is InChI=1S/C40H43NO4/c1-5-6-7-8-9-12-27-43-33-21-19-30(20-22-33)29-15-17-31(18-16-29)38(42)44-34-23-24-37-32(28-34)25-26-40(45-37)39(2,3)35-13-10-11-14-36(35)41(40)4/h10-11,13-26,28H,5-9,12,27H2,1-4H3. The maximum absolute atomic E-state index is 13.0. The van der Waals surface area contributed by atoms with Crippen LogP contribution in [0.2, 0.25) is 0 Å². The molecule has 0 aliphatic carbocycles. The second kappa shape index (κ2) is 12.8. The minimum Gasteiger partial charge on any atom is -0.494 e. The Morgan fingerprint density at radius 3 is 2.20 bits per heavy atom. The summed E-state index contributed by atoms with van der Waals surface area (Å²) in [6.07, 6.45) is 11.7. The molecule has 45 heavy (non-hydrogen) atoms. The molecule has 6 rings (SSSR count). The number of rotatable bonds is 11. The van der Waals surface area contributed by atoms with E-state index in [9.17, 15) is 4.79 Å². The fourth-order valence-corrected chi connectivity index (χ4v) is 6.60. The minimum absolute atomic E-state index is 0.271. The lowest BCUT2D eigenvalue weighted by Gasteiger charge is -2.45. The first-order chi connectivity index (χ1) is 21.8. The van der Waals surface area contributed by atoms with Crippen molar-refractivity contribution >= 4 is 17.7 Å². The average molecular weight is 602 g/mol. The van der Waals surface area contributed by atoms with E-state index in [2.05, 4.69) is 81.3 Å². The molecule has 0 bridgehead atoms. The predicted octanol–water partition coefficient (Wildman–Crippen LogP) is 9.84. The first-order valence-electron chi connectivity index (χ1n) is 16.2. The van der Waals surface area contributed by atoms with Crippen LogP contribution in [0.5, 0.6) is 17.2 Å². The quantitative estimate of drug-likeness (QED) is 0.0973. The number of unbranched alkanes of at least 4 members (excludes halogenated alkanes) is 5. The van der Waals surface area contributed by atoms with Gasteiger partial charge in [0.25, 0.3) is 0 Å². The second-order valence-electron chi connectivity index (χ2n) is 12.6. The Morgan fingerprint density at radius 1 is 0.800 bits per heavy atom. The molecule has 2 aliphatic heterocycles. The topological polar surface area (TPSA) is 48.0 Å². The number of para-hydroxylation sites is 1. The van der Waals surface area contributed by atoms with Gasteiger partial charge in [-0.25, -0.2) is 4.79 Å². The predicted molar refractivity (Wildman–Crippen MR) is 182 cm³/mol. The number of esters is 1. The summed E-state index contributed by atoms with van der Waals surface area (Å²) in [5.74, 6) is 1.72. The molecular weight excluding hydrogens is 558 g/mol. The fourth-order valence-electron chi connectivity index (χ4n) is 6.60. The molecule has 0 radical (unpaired) electrons. The molecule has 1 spiro atoms. The van der Waals surface area contributed by atoms with Gasteiger partial charge in [0.2, 0.25) is 5.72 Å². The van der Waals surface area contributed by atoms with Gasteiger partial charge >= 0.3 is 5.97 Å². The number of fused-ring (bicyclic) bond motifs is 2. The van der Waals surface area contributed by atoms with Gasteiger partial charge in [-0.05, 0) is 97.6 Å². The summed E-state index contributed by atoms with van der Waals surface area (Å²) in [6.45, 7) is 7.42. The van der Waals surface area contributed by atoms with Gasteiger partial charge in [-0.3, -0.25) is 0 Å². The molecule has 5 nitrogen and oxygen atoms in total. The Bertz CT molecular complexity index is 1670. The van der Waals surface area contributed by atoms with Crippen molar-refractivity contribution in [2.75, 3.05) is 18.6 Å². The van der Waals surface area contributed by atoms with Crippen molar-refractivity contribution in [1.82, 2.24) is 0 Å². The van der Waals surface area contributed by atoms with Crippen LogP contribution in [0.3, 0.4) is 0 Å². The molecule has 2 heterocycles. The number of likely N-dealkylation sites (N-methyl/N-ethyl adjacent to an activating group) is 1. The molecule has 0 amide bonds. The van der Waals surface area contributed by atoms with Gasteiger partial charge in [0.1, 0.15) is 17.2 Å². The maximum atomic E-state index is 13.0. The Kier molecular flexibility index (Phi) is 8.71. The first-order valence-corrected chi connectivity index (χ1v) is 16.2. The third kappa shape index (κ3) is 5.96. The molecule has 0 saturated heterocycles. The summed E-state index contributed by atoms with van der Waals surface area (Å²) in [6, 6.07) is 29.6. The Hall–Kier alpha value is -4.51. The number of carbonyl (C=O) groups is 1. The summed E-state index contributed by atoms with van der Waals surface area (Å²) in [4.78, 5) is 15.2. The van der Waals surface area contributed by atoms with Gasteiger partial charge in [-0.15, -0.1) is 0 Å². The first kappa shape index (κ1) is 30.5. The zero-order valence-corrected chi connectivity index (χ0v) is 26.8. The normalized spacial score (nSPS) is 17.5. The lowest BCUT2D eigenvalue weighted by atomic mass is 9.76. The second-order valence-corrected chi connectivity index (χ2v) is 12.6. The van der Waals surface area contributed by atoms with Crippen LogP contribution >= 0.6 is 0 Å². The van der Waals surface area contributed by atoms with Crippen LogP contribution in [0.1, 0.15) is 80.8 Å². The van der Waals surface area contributed by atoms with E-state index in [4.69, 9.17) is 14.2 Å². The molecule has 0 aromatic heterocycles. The minimum atomic E-state index is -0.648. The molecule has 232 valence electrons. The number of carbonyl (C=O) groups excluding carboxylic acids is 1. The molecular formula is C40H43NO4. The van der Waals surface area contributed by atoms with Crippen molar-refractivity contribution in [1.29, 1.82) is 0 Å². The maximum Gasteiger partial charge on any atom is 0.343 e. The van der Waals surface area contributed by atoms with Crippen molar-refractivity contribution in [3.05, 3.63) is 114 Å². The molecule has 4 aromatic carbocycles. The number of ether oxygens (including phenoxy) is 3. The van der Waals surface area contributed by atoms with Gasteiger partial charge in [0.15, 0.2) is 0 Å². The van der Waals surface area contributed by atoms with E-state index in [0.717, 1.165) is 46.9 Å². The highest BCUT2D eigenvalue weighted by molar-refractivity contribution is 5.92. The summed E-state index contributed by atoms with van der Waals surface area (Å²) in [5, 5.41) is 0. The number of benzene rings is 4. The molecule has 1 unspecified atom stereocenters. The monoisotopic (exact) mass is 601 g/mol. The summed E-state index contributed by atoms with van der Waals surface area (Å²) >= 11 is 0. The Labute approximate surface area is 267 Å². The lowest BCUT2D eigenvalue weighted by molar-refractivity contribution is 0.0579. The van der Waals surface area contributed by atoms with Crippen molar-refractivity contribution < 1.29 is 19.0 Å². The van der Waals surface area contributed by atoms with Crippen LogP contribution in [0, 0.1) is 0 Å². The summed E-state index contributed by atoms with van der Waals surface area (Å²) in [7, 11) is 2.08. The number of anilines is 1. The van der Waals surface area contributed by atoms with Crippen molar-refractivity contribution in [2.24, 2.45) is 0 Å². The number of hydrogen-bond acceptors (Lipinski definition) is 5. The third-order valence-electron chi connectivity index (χ3n) is 9.35. The average Bonchev–Trinajstić information content (AvgIpc) is 3.22. The highest BCUT2D eigenvalue weighted by atomic mass is 16.5. The lowest BCUT2D eigenvalue weighted by Crippen LogP contribution is -2.58. The van der Waals surface area contributed by atoms with E-state index in [0.29, 0.717) is 11.3 Å². The molecule has 5 heteroatoms. The molecule has 1 atom stereocenters. The van der Waals surface area contributed by atoms with Crippen LogP contribution in [0.25, 0.3) is 17.2 Å². The van der Waals surface area contributed by atoms with Gasteiger partial charge in [-0.2, -0.15) is 0 Å². The number of nitrogens with zero attached hydrogens (tertiary/aromatic N) is 1. The SMILES string of the molecule is CCCCCCCCOc1ccc(-c2ccc(C(=O)Oc3ccc4c(c3)C=CC3(O4)N(C)c4ccccc4C3(C)C)cc2)cc1. The Balaban J connectivity index is 1.06. The van der Waals surface area contributed by atoms with Gasteiger partial charge in [-0.1, -0.05) is 81.5 Å². The van der Waals surface area contributed by atoms with E-state index in [1.165, 1.54) is 37.7 Å². The van der Waals surface area contributed by atoms with Gasteiger partial charge in [0, 0.05) is 18.3 Å². The zero-order valence-electron chi connectivity index (χ0n) is 26.8. The van der Waals surface area contributed by atoms with Crippen LogP contribution in [0.4, 0.5) is 5.69 Å². The van der Waals surface area contributed by atoms with Crippen molar-refractivity contribution in [3.63, 3.8) is 0 Å². The molecule has 0 fully saturated rings. The van der Waals surface area contributed by atoms with E-state index < -0.39 is 11.7 Å². The fraction of sp³-hybridized carbons (Fsp3) is 0.325. The summed E-state index contributed by atoms with van der Waals surface area (Å²) in [5.41, 5.74) is 4.96. The smallest absolute Gasteiger partial charge is 0.343 e. The van der Waals surface area contributed by atoms with E-state index >= 15 is 0 Å². The molecule has 0 saturated carbocycles.